The number of piperidine rings is 1. The van der Waals surface area contributed by atoms with Crippen molar-refractivity contribution < 1.29 is 9.53 Å². The van der Waals surface area contributed by atoms with Gasteiger partial charge in [0, 0.05) is 47.3 Å². The van der Waals surface area contributed by atoms with E-state index in [9.17, 15) is 4.79 Å². The normalized spacial score (nSPS) is 15.4. The van der Waals surface area contributed by atoms with Crippen LogP contribution >= 0.6 is 11.3 Å². The molecular weight excluding hydrogens is 468 g/mol. The molecule has 0 saturated carbocycles. The van der Waals surface area contributed by atoms with Gasteiger partial charge in [-0.2, -0.15) is 0 Å². The molecule has 1 saturated heterocycles. The van der Waals surface area contributed by atoms with Crippen LogP contribution in [0.5, 0.6) is 5.75 Å². The lowest BCUT2D eigenvalue weighted by atomic mass is 9.78. The number of likely N-dealkylation sites (tertiary alicyclic amines) is 1. The fourth-order valence-electron chi connectivity index (χ4n) is 4.93. The van der Waals surface area contributed by atoms with Gasteiger partial charge >= 0.3 is 0 Å². The zero-order valence-electron chi connectivity index (χ0n) is 23.0. The van der Waals surface area contributed by atoms with Crippen molar-refractivity contribution in [2.24, 2.45) is 0 Å². The molecule has 194 valence electrons. The van der Waals surface area contributed by atoms with Crippen molar-refractivity contribution in [3.8, 4) is 16.3 Å². The molecule has 3 aromatic rings. The van der Waals surface area contributed by atoms with Crippen molar-refractivity contribution in [2.45, 2.75) is 84.6 Å². The van der Waals surface area contributed by atoms with Gasteiger partial charge in [-0.1, -0.05) is 41.5 Å². The average molecular weight is 509 g/mol. The summed E-state index contributed by atoms with van der Waals surface area (Å²) in [5.74, 6) is 1.53. The van der Waals surface area contributed by atoms with E-state index in [0.717, 1.165) is 53.6 Å². The van der Waals surface area contributed by atoms with Crippen molar-refractivity contribution >= 4 is 17.2 Å². The van der Waals surface area contributed by atoms with E-state index in [1.807, 2.05) is 22.6 Å². The van der Waals surface area contributed by atoms with Crippen molar-refractivity contribution in [3.63, 3.8) is 0 Å². The number of carbonyl (C=O) groups is 1. The Morgan fingerprint density at radius 2 is 1.69 bits per heavy atom. The highest BCUT2D eigenvalue weighted by Crippen LogP contribution is 2.43. The van der Waals surface area contributed by atoms with Gasteiger partial charge in [0.15, 0.2) is 0 Å². The van der Waals surface area contributed by atoms with E-state index in [2.05, 4.69) is 64.0 Å². The van der Waals surface area contributed by atoms with Crippen molar-refractivity contribution in [1.82, 2.24) is 19.4 Å². The molecule has 0 atom stereocenters. The molecule has 6 nitrogen and oxygen atoms in total. The van der Waals surface area contributed by atoms with Crippen LogP contribution in [0.3, 0.4) is 0 Å². The third-order valence-electron chi connectivity index (χ3n) is 7.02. The van der Waals surface area contributed by atoms with Crippen LogP contribution in [0, 0.1) is 6.92 Å². The molecule has 0 spiro atoms. The molecule has 1 amide bonds. The molecule has 7 heteroatoms. The van der Waals surface area contributed by atoms with E-state index in [1.165, 1.54) is 11.1 Å². The minimum absolute atomic E-state index is 0.0454. The zero-order chi connectivity index (χ0) is 26.3. The molecule has 2 aromatic heterocycles. The smallest absolute Gasteiger partial charge is 0.242 e. The first kappa shape index (κ1) is 26.4. The summed E-state index contributed by atoms with van der Waals surface area (Å²) in [6, 6.07) is 4.52. The number of aryl methyl sites for hydroxylation is 1. The SMILES string of the molecule is COc1c(C(C)(C)C)cc(-c2nc(C3CCN(C(=O)Cn4cnc(C)c4)CC3)cs2)cc1C(C)(C)C. The minimum atomic E-state index is -0.0454. The number of imidazole rings is 1. The summed E-state index contributed by atoms with van der Waals surface area (Å²) < 4.78 is 7.80. The summed E-state index contributed by atoms with van der Waals surface area (Å²) in [7, 11) is 1.77. The number of ether oxygens (including phenoxy) is 1. The van der Waals surface area contributed by atoms with E-state index in [0.29, 0.717) is 12.5 Å². The van der Waals surface area contributed by atoms with Crippen LogP contribution in [-0.4, -0.2) is 45.5 Å². The number of rotatable bonds is 5. The van der Waals surface area contributed by atoms with Gasteiger partial charge in [0.2, 0.25) is 5.91 Å². The molecule has 1 aliphatic rings. The third-order valence-corrected chi connectivity index (χ3v) is 7.93. The lowest BCUT2D eigenvalue weighted by Gasteiger charge is -2.31. The first-order valence-corrected chi connectivity index (χ1v) is 13.7. The summed E-state index contributed by atoms with van der Waals surface area (Å²) >= 11 is 1.72. The molecule has 0 unspecified atom stereocenters. The van der Waals surface area contributed by atoms with Crippen LogP contribution in [0.4, 0.5) is 0 Å². The quantitative estimate of drug-likeness (QED) is 0.404. The van der Waals surface area contributed by atoms with Crippen LogP contribution in [0.2, 0.25) is 0 Å². The first-order chi connectivity index (χ1) is 16.9. The second-order valence-electron chi connectivity index (χ2n) is 12.0. The topological polar surface area (TPSA) is 60.2 Å². The van der Waals surface area contributed by atoms with E-state index in [-0.39, 0.29) is 16.7 Å². The fourth-order valence-corrected chi connectivity index (χ4v) is 5.82. The van der Waals surface area contributed by atoms with Gasteiger partial charge in [0.25, 0.3) is 0 Å². The molecule has 4 rings (SSSR count). The summed E-state index contributed by atoms with van der Waals surface area (Å²) in [5.41, 5.74) is 5.57. The zero-order valence-corrected chi connectivity index (χ0v) is 23.8. The number of carbonyl (C=O) groups excluding carboxylic acids is 1. The highest BCUT2D eigenvalue weighted by Gasteiger charge is 2.29. The number of thiazole rings is 1. The van der Waals surface area contributed by atoms with Crippen molar-refractivity contribution in [3.05, 3.63) is 52.6 Å². The second kappa shape index (κ2) is 10.0. The Morgan fingerprint density at radius 1 is 1.08 bits per heavy atom. The van der Waals surface area contributed by atoms with Crippen molar-refractivity contribution in [1.29, 1.82) is 0 Å². The number of nitrogens with zero attached hydrogens (tertiary/aromatic N) is 4. The number of hydrogen-bond donors (Lipinski definition) is 0. The van der Waals surface area contributed by atoms with Gasteiger partial charge in [-0.3, -0.25) is 4.79 Å². The number of hydrogen-bond acceptors (Lipinski definition) is 5. The summed E-state index contributed by atoms with van der Waals surface area (Å²) in [6.07, 6.45) is 5.53. The Labute approximate surface area is 219 Å². The molecule has 0 bridgehead atoms. The lowest BCUT2D eigenvalue weighted by molar-refractivity contribution is -0.132. The fraction of sp³-hybridized carbons (Fsp3) is 0.552. The Hall–Kier alpha value is -2.67. The molecule has 1 fully saturated rings. The molecule has 36 heavy (non-hydrogen) atoms. The average Bonchev–Trinajstić information content (AvgIpc) is 3.46. The largest absolute Gasteiger partial charge is 0.496 e. The Balaban J connectivity index is 1.52. The highest BCUT2D eigenvalue weighted by molar-refractivity contribution is 7.13. The molecular formula is C29H40N4O2S. The minimum Gasteiger partial charge on any atom is -0.496 e. The van der Waals surface area contributed by atoms with Crippen LogP contribution in [0.25, 0.3) is 10.6 Å². The molecule has 1 aromatic carbocycles. The van der Waals surface area contributed by atoms with Gasteiger partial charge in [-0.05, 0) is 42.7 Å². The van der Waals surface area contributed by atoms with Gasteiger partial charge < -0.3 is 14.2 Å². The third kappa shape index (κ3) is 5.66. The standard InChI is InChI=1S/C29H40N4O2S/c1-19-15-32(18-30-19)16-25(34)33-11-9-20(10-12-33)24-17-36-27(31-24)21-13-22(28(2,3)4)26(35-8)23(14-21)29(5,6)7/h13-15,17-18,20H,9-12,16H2,1-8H3. The predicted molar refractivity (Wildman–Crippen MR) is 147 cm³/mol. The molecule has 0 radical (unpaired) electrons. The van der Waals surface area contributed by atoms with Crippen LogP contribution in [0.15, 0.2) is 30.0 Å². The van der Waals surface area contributed by atoms with E-state index < -0.39 is 0 Å². The van der Waals surface area contributed by atoms with Crippen LogP contribution in [0.1, 0.15) is 82.8 Å². The van der Waals surface area contributed by atoms with Crippen molar-refractivity contribution in [2.75, 3.05) is 20.2 Å². The molecule has 1 aliphatic heterocycles. The van der Waals surface area contributed by atoms with E-state index >= 15 is 0 Å². The number of amides is 1. The monoisotopic (exact) mass is 508 g/mol. The Bertz CT molecular complexity index is 1190. The van der Waals surface area contributed by atoms with E-state index in [1.54, 1.807) is 24.8 Å². The summed E-state index contributed by atoms with van der Waals surface area (Å²) in [5, 5.41) is 3.27. The summed E-state index contributed by atoms with van der Waals surface area (Å²) in [4.78, 5) is 24.0. The molecule has 0 aliphatic carbocycles. The van der Waals surface area contributed by atoms with Gasteiger partial charge in [-0.15, -0.1) is 11.3 Å². The van der Waals surface area contributed by atoms with Crippen LogP contribution < -0.4 is 4.74 Å². The number of benzene rings is 1. The molecule has 0 N–H and O–H groups in total. The highest BCUT2D eigenvalue weighted by atomic mass is 32.1. The molecule has 3 heterocycles. The Morgan fingerprint density at radius 3 is 2.19 bits per heavy atom. The second-order valence-corrected chi connectivity index (χ2v) is 12.9. The lowest BCUT2D eigenvalue weighted by Crippen LogP contribution is -2.39. The maximum atomic E-state index is 12.7. The van der Waals surface area contributed by atoms with Gasteiger partial charge in [0.05, 0.1) is 24.8 Å². The Kier molecular flexibility index (Phi) is 7.33. The van der Waals surface area contributed by atoms with Crippen LogP contribution in [-0.2, 0) is 22.2 Å². The predicted octanol–water partition coefficient (Wildman–Crippen LogP) is 6.32. The maximum absolute atomic E-state index is 12.7. The number of aromatic nitrogens is 3. The number of methoxy groups -OCH3 is 1. The first-order valence-electron chi connectivity index (χ1n) is 12.8. The van der Waals surface area contributed by atoms with Gasteiger partial charge in [0.1, 0.15) is 17.3 Å². The maximum Gasteiger partial charge on any atom is 0.242 e. The van der Waals surface area contributed by atoms with Gasteiger partial charge in [-0.25, -0.2) is 9.97 Å². The summed E-state index contributed by atoms with van der Waals surface area (Å²) in [6.45, 7) is 17.2. The van der Waals surface area contributed by atoms with E-state index in [4.69, 9.17) is 9.72 Å².